The van der Waals surface area contributed by atoms with Crippen molar-refractivity contribution >= 4 is 0 Å². The Labute approximate surface area is 91.4 Å². The summed E-state index contributed by atoms with van der Waals surface area (Å²) in [6.07, 6.45) is 3.49. The van der Waals surface area contributed by atoms with Gasteiger partial charge in [-0.3, -0.25) is 0 Å². The van der Waals surface area contributed by atoms with E-state index in [9.17, 15) is 0 Å². The molecule has 82 valence electrons. The molecule has 0 aromatic heterocycles. The van der Waals surface area contributed by atoms with E-state index < -0.39 is 0 Å². The lowest BCUT2D eigenvalue weighted by Gasteiger charge is -2.45. The van der Waals surface area contributed by atoms with Gasteiger partial charge in [0.15, 0.2) is 0 Å². The smallest absolute Gasteiger partial charge is 0.118 e. The summed E-state index contributed by atoms with van der Waals surface area (Å²) in [5.74, 6) is 1.71. The van der Waals surface area contributed by atoms with Crippen molar-refractivity contribution in [3.8, 4) is 5.75 Å². The summed E-state index contributed by atoms with van der Waals surface area (Å²) in [5.41, 5.74) is 7.51. The molecule has 1 aromatic rings. The van der Waals surface area contributed by atoms with Crippen LogP contribution in [-0.2, 0) is 5.54 Å². The van der Waals surface area contributed by atoms with Gasteiger partial charge in [0, 0.05) is 5.54 Å². The van der Waals surface area contributed by atoms with Crippen molar-refractivity contribution in [2.45, 2.75) is 31.7 Å². The summed E-state index contributed by atoms with van der Waals surface area (Å²) in [6, 6.07) is 8.15. The molecule has 2 heteroatoms. The molecule has 2 N–H and O–H groups in total. The van der Waals surface area contributed by atoms with Gasteiger partial charge in [0.25, 0.3) is 0 Å². The Hall–Kier alpha value is -1.02. The maximum atomic E-state index is 6.34. The van der Waals surface area contributed by atoms with Crippen LogP contribution >= 0.6 is 0 Å². The first-order valence-corrected chi connectivity index (χ1v) is 5.61. The molecule has 0 amide bonds. The average molecular weight is 205 g/mol. The Bertz CT molecular complexity index is 325. The number of hydrogen-bond donors (Lipinski definition) is 1. The number of methoxy groups -OCH3 is 1. The van der Waals surface area contributed by atoms with E-state index in [-0.39, 0.29) is 5.54 Å². The van der Waals surface area contributed by atoms with E-state index in [0.29, 0.717) is 0 Å². The largest absolute Gasteiger partial charge is 0.497 e. The third-order valence-electron chi connectivity index (χ3n) is 3.55. The molecule has 0 saturated heterocycles. The fraction of sp³-hybridized carbons (Fsp3) is 0.538. The summed E-state index contributed by atoms with van der Waals surface area (Å²) in [5, 5.41) is 0. The molecule has 1 aliphatic carbocycles. The minimum atomic E-state index is -0.0764. The van der Waals surface area contributed by atoms with E-state index >= 15 is 0 Å². The Kier molecular flexibility index (Phi) is 2.70. The van der Waals surface area contributed by atoms with Crippen LogP contribution < -0.4 is 10.5 Å². The van der Waals surface area contributed by atoms with Crippen molar-refractivity contribution < 1.29 is 4.74 Å². The number of rotatable bonds is 3. The van der Waals surface area contributed by atoms with Crippen LogP contribution in [0, 0.1) is 5.92 Å². The van der Waals surface area contributed by atoms with E-state index in [4.69, 9.17) is 10.5 Å². The van der Waals surface area contributed by atoms with Crippen LogP contribution in [0.5, 0.6) is 5.75 Å². The topological polar surface area (TPSA) is 35.2 Å². The average Bonchev–Trinajstić information content (AvgIpc) is 2.25. The standard InChI is InChI=1S/C13H19NO/c1-3-10-8-13(14,9-10)11-4-6-12(15-2)7-5-11/h4-7,10H,3,8-9,14H2,1-2H3. The Morgan fingerprint density at radius 3 is 2.40 bits per heavy atom. The first-order chi connectivity index (χ1) is 7.18. The van der Waals surface area contributed by atoms with Gasteiger partial charge in [-0.15, -0.1) is 0 Å². The number of hydrogen-bond acceptors (Lipinski definition) is 2. The summed E-state index contributed by atoms with van der Waals surface area (Å²) in [4.78, 5) is 0. The van der Waals surface area contributed by atoms with Crippen LogP contribution in [-0.4, -0.2) is 7.11 Å². The Morgan fingerprint density at radius 1 is 1.33 bits per heavy atom. The van der Waals surface area contributed by atoms with Gasteiger partial charge in [0.1, 0.15) is 5.75 Å². The molecule has 0 radical (unpaired) electrons. The van der Waals surface area contributed by atoms with E-state index in [1.165, 1.54) is 12.0 Å². The monoisotopic (exact) mass is 205 g/mol. The van der Waals surface area contributed by atoms with Crippen molar-refractivity contribution in [2.24, 2.45) is 11.7 Å². The van der Waals surface area contributed by atoms with Gasteiger partial charge in [0.05, 0.1) is 7.11 Å². The SMILES string of the molecule is CCC1CC(N)(c2ccc(OC)cc2)C1. The Morgan fingerprint density at radius 2 is 1.93 bits per heavy atom. The molecule has 1 saturated carbocycles. The zero-order valence-corrected chi connectivity index (χ0v) is 9.49. The van der Waals surface area contributed by atoms with Crippen LogP contribution in [0.4, 0.5) is 0 Å². The van der Waals surface area contributed by atoms with Gasteiger partial charge in [-0.05, 0) is 36.5 Å². The normalized spacial score (nSPS) is 29.7. The molecule has 1 aliphatic rings. The van der Waals surface area contributed by atoms with E-state index in [1.807, 2.05) is 12.1 Å². The zero-order valence-electron chi connectivity index (χ0n) is 9.49. The minimum Gasteiger partial charge on any atom is -0.497 e. The molecular weight excluding hydrogens is 186 g/mol. The van der Waals surface area contributed by atoms with Crippen molar-refractivity contribution in [3.05, 3.63) is 29.8 Å². The zero-order chi connectivity index (χ0) is 10.9. The second-order valence-corrected chi connectivity index (χ2v) is 4.57. The van der Waals surface area contributed by atoms with Crippen molar-refractivity contribution in [3.63, 3.8) is 0 Å². The molecule has 15 heavy (non-hydrogen) atoms. The maximum absolute atomic E-state index is 6.34. The molecule has 0 unspecified atom stereocenters. The van der Waals surface area contributed by atoms with Gasteiger partial charge in [-0.1, -0.05) is 25.5 Å². The summed E-state index contributed by atoms with van der Waals surface area (Å²) < 4.78 is 5.13. The quantitative estimate of drug-likeness (QED) is 0.823. The van der Waals surface area contributed by atoms with Crippen LogP contribution in [0.1, 0.15) is 31.7 Å². The highest BCUT2D eigenvalue weighted by Crippen LogP contribution is 2.45. The number of nitrogens with two attached hydrogens (primary N) is 1. The highest BCUT2D eigenvalue weighted by Gasteiger charge is 2.40. The van der Waals surface area contributed by atoms with Crippen LogP contribution in [0.25, 0.3) is 0 Å². The maximum Gasteiger partial charge on any atom is 0.118 e. The van der Waals surface area contributed by atoms with E-state index in [2.05, 4.69) is 19.1 Å². The van der Waals surface area contributed by atoms with Crippen molar-refractivity contribution in [1.29, 1.82) is 0 Å². The summed E-state index contributed by atoms with van der Waals surface area (Å²) in [7, 11) is 1.68. The number of ether oxygens (including phenoxy) is 1. The van der Waals surface area contributed by atoms with Gasteiger partial charge in [0.2, 0.25) is 0 Å². The predicted octanol–water partition coefficient (Wildman–Crippen LogP) is 2.67. The molecule has 0 aliphatic heterocycles. The molecule has 0 bridgehead atoms. The lowest BCUT2D eigenvalue weighted by molar-refractivity contribution is 0.143. The molecule has 1 fully saturated rings. The second-order valence-electron chi connectivity index (χ2n) is 4.57. The third-order valence-corrected chi connectivity index (χ3v) is 3.55. The molecule has 2 rings (SSSR count). The lowest BCUT2D eigenvalue weighted by Crippen LogP contribution is -2.48. The molecule has 1 aromatic carbocycles. The summed E-state index contributed by atoms with van der Waals surface area (Å²) in [6.45, 7) is 2.23. The van der Waals surface area contributed by atoms with Crippen LogP contribution in [0.15, 0.2) is 24.3 Å². The predicted molar refractivity (Wildman–Crippen MR) is 61.9 cm³/mol. The van der Waals surface area contributed by atoms with E-state index in [0.717, 1.165) is 24.5 Å². The Balaban J connectivity index is 2.10. The molecular formula is C13H19NO. The first-order valence-electron chi connectivity index (χ1n) is 5.61. The molecule has 0 heterocycles. The summed E-state index contributed by atoms with van der Waals surface area (Å²) >= 11 is 0. The highest BCUT2D eigenvalue weighted by molar-refractivity contribution is 5.33. The molecule has 2 nitrogen and oxygen atoms in total. The van der Waals surface area contributed by atoms with Gasteiger partial charge in [-0.2, -0.15) is 0 Å². The fourth-order valence-electron chi connectivity index (χ4n) is 2.42. The van der Waals surface area contributed by atoms with Crippen LogP contribution in [0.2, 0.25) is 0 Å². The van der Waals surface area contributed by atoms with E-state index in [1.54, 1.807) is 7.11 Å². The lowest BCUT2D eigenvalue weighted by atomic mass is 9.64. The molecule has 0 atom stereocenters. The first kappa shape index (κ1) is 10.5. The fourth-order valence-corrected chi connectivity index (χ4v) is 2.42. The van der Waals surface area contributed by atoms with Gasteiger partial charge in [-0.25, -0.2) is 0 Å². The van der Waals surface area contributed by atoms with Gasteiger partial charge >= 0.3 is 0 Å². The van der Waals surface area contributed by atoms with Gasteiger partial charge < -0.3 is 10.5 Å². The highest BCUT2D eigenvalue weighted by atomic mass is 16.5. The second kappa shape index (κ2) is 3.86. The molecule has 0 spiro atoms. The number of benzene rings is 1. The third kappa shape index (κ3) is 1.86. The van der Waals surface area contributed by atoms with Crippen molar-refractivity contribution in [2.75, 3.05) is 7.11 Å². The van der Waals surface area contributed by atoms with Crippen LogP contribution in [0.3, 0.4) is 0 Å². The minimum absolute atomic E-state index is 0.0764. The van der Waals surface area contributed by atoms with Crippen molar-refractivity contribution in [1.82, 2.24) is 0 Å².